The van der Waals surface area contributed by atoms with E-state index in [0.717, 1.165) is 0 Å². The molecule has 0 aromatic rings. The number of esters is 1. The number of aliphatic hydroxyl groups is 1. The van der Waals surface area contributed by atoms with Crippen LogP contribution in [0.3, 0.4) is 0 Å². The molecule has 0 bridgehead atoms. The van der Waals surface area contributed by atoms with Gasteiger partial charge in [-0.05, 0) is 0 Å². The number of aliphatic hydroxyl groups excluding tert-OH is 1. The lowest BCUT2D eigenvalue weighted by atomic mass is 10.3. The molecule has 0 amide bonds. The summed E-state index contributed by atoms with van der Waals surface area (Å²) in [6.45, 7) is -0.162. The van der Waals surface area contributed by atoms with E-state index in [2.05, 4.69) is 4.74 Å². The zero-order valence-corrected chi connectivity index (χ0v) is 5.58. The Morgan fingerprint density at radius 2 is 2.30 bits per heavy atom. The minimum atomic E-state index is -0.443. The summed E-state index contributed by atoms with van der Waals surface area (Å²) in [5.74, 6) is -0.443. The van der Waals surface area contributed by atoms with E-state index < -0.39 is 5.97 Å². The molecule has 0 fully saturated rings. The number of carbonyl (C=O) groups excluding carboxylic acids is 2. The predicted molar refractivity (Wildman–Crippen MR) is 33.3 cm³/mol. The van der Waals surface area contributed by atoms with Gasteiger partial charge in [0.1, 0.15) is 12.9 Å². The van der Waals surface area contributed by atoms with E-state index in [1.165, 1.54) is 0 Å². The van der Waals surface area contributed by atoms with Crippen LogP contribution >= 0.6 is 0 Å². The lowest BCUT2D eigenvalue weighted by Gasteiger charge is -1.98. The number of hydrogen-bond donors (Lipinski definition) is 1. The zero-order chi connectivity index (χ0) is 7.82. The standard InChI is InChI=1S/C6H10O4/c7-3-1-2-6(9)10-5-4-8/h3,8H,1-2,4-5H2. The molecule has 0 aliphatic rings. The highest BCUT2D eigenvalue weighted by atomic mass is 16.5. The van der Waals surface area contributed by atoms with Crippen LogP contribution in [0.5, 0.6) is 0 Å². The van der Waals surface area contributed by atoms with Gasteiger partial charge in [0.05, 0.1) is 13.0 Å². The van der Waals surface area contributed by atoms with Crippen LogP contribution in [0.2, 0.25) is 0 Å². The van der Waals surface area contributed by atoms with Gasteiger partial charge in [-0.3, -0.25) is 4.79 Å². The Balaban J connectivity index is 3.16. The number of rotatable bonds is 5. The normalized spacial score (nSPS) is 8.90. The fourth-order valence-corrected chi connectivity index (χ4v) is 0.408. The first-order chi connectivity index (χ1) is 4.81. The molecule has 58 valence electrons. The van der Waals surface area contributed by atoms with E-state index in [1.54, 1.807) is 0 Å². The first-order valence-corrected chi connectivity index (χ1v) is 3.01. The van der Waals surface area contributed by atoms with Gasteiger partial charge in [-0.15, -0.1) is 0 Å². The molecule has 4 heteroatoms. The van der Waals surface area contributed by atoms with E-state index in [4.69, 9.17) is 5.11 Å². The van der Waals surface area contributed by atoms with Gasteiger partial charge < -0.3 is 14.6 Å². The van der Waals surface area contributed by atoms with Gasteiger partial charge in [-0.1, -0.05) is 0 Å². The summed E-state index contributed by atoms with van der Waals surface area (Å²) in [4.78, 5) is 20.2. The Bertz CT molecular complexity index is 110. The monoisotopic (exact) mass is 146 g/mol. The summed E-state index contributed by atoms with van der Waals surface area (Å²) >= 11 is 0. The number of hydrogen-bond acceptors (Lipinski definition) is 4. The van der Waals surface area contributed by atoms with Crippen molar-refractivity contribution in [2.75, 3.05) is 13.2 Å². The molecule has 0 aliphatic carbocycles. The van der Waals surface area contributed by atoms with Crippen LogP contribution in [0.1, 0.15) is 12.8 Å². The maximum atomic E-state index is 10.5. The van der Waals surface area contributed by atoms with Crippen molar-refractivity contribution in [3.8, 4) is 0 Å². The van der Waals surface area contributed by atoms with E-state index in [1.807, 2.05) is 0 Å². The largest absolute Gasteiger partial charge is 0.463 e. The quantitative estimate of drug-likeness (QED) is 0.419. The van der Waals surface area contributed by atoms with Crippen molar-refractivity contribution in [3.05, 3.63) is 0 Å². The maximum Gasteiger partial charge on any atom is 0.306 e. The molecule has 0 rings (SSSR count). The molecule has 0 aliphatic heterocycles. The van der Waals surface area contributed by atoms with Crippen molar-refractivity contribution in [1.29, 1.82) is 0 Å². The molecular formula is C6H10O4. The lowest BCUT2D eigenvalue weighted by Crippen LogP contribution is -2.07. The zero-order valence-electron chi connectivity index (χ0n) is 5.58. The molecule has 0 atom stereocenters. The third kappa shape index (κ3) is 5.24. The van der Waals surface area contributed by atoms with Gasteiger partial charge >= 0.3 is 5.97 Å². The Morgan fingerprint density at radius 3 is 2.80 bits per heavy atom. The summed E-state index contributed by atoms with van der Waals surface area (Å²) in [6, 6.07) is 0. The van der Waals surface area contributed by atoms with E-state index in [-0.39, 0.29) is 26.1 Å². The third-order valence-corrected chi connectivity index (χ3v) is 0.821. The van der Waals surface area contributed by atoms with Gasteiger partial charge in [-0.2, -0.15) is 0 Å². The molecule has 0 aromatic heterocycles. The van der Waals surface area contributed by atoms with Crippen LogP contribution in [-0.4, -0.2) is 30.6 Å². The molecule has 0 radical (unpaired) electrons. The van der Waals surface area contributed by atoms with Crippen LogP contribution in [0, 0.1) is 0 Å². The molecule has 0 unspecified atom stereocenters. The first-order valence-electron chi connectivity index (χ1n) is 3.01. The maximum absolute atomic E-state index is 10.5. The van der Waals surface area contributed by atoms with E-state index in [0.29, 0.717) is 6.29 Å². The fourth-order valence-electron chi connectivity index (χ4n) is 0.408. The Labute approximate surface area is 58.8 Å². The predicted octanol–water partition coefficient (Wildman–Crippen LogP) is -0.499. The van der Waals surface area contributed by atoms with Crippen LogP contribution in [0.15, 0.2) is 0 Å². The molecule has 0 spiro atoms. The number of aldehydes is 1. The van der Waals surface area contributed by atoms with Gasteiger partial charge in [0.15, 0.2) is 0 Å². The highest BCUT2D eigenvalue weighted by molar-refractivity contribution is 5.72. The van der Waals surface area contributed by atoms with Crippen molar-refractivity contribution in [2.45, 2.75) is 12.8 Å². The van der Waals surface area contributed by atoms with Crippen molar-refractivity contribution in [3.63, 3.8) is 0 Å². The molecule has 10 heavy (non-hydrogen) atoms. The van der Waals surface area contributed by atoms with Crippen LogP contribution in [0.4, 0.5) is 0 Å². The molecular weight excluding hydrogens is 136 g/mol. The molecule has 0 saturated heterocycles. The molecule has 0 aromatic carbocycles. The third-order valence-electron chi connectivity index (χ3n) is 0.821. The molecule has 1 N–H and O–H groups in total. The second-order valence-electron chi connectivity index (χ2n) is 1.65. The van der Waals surface area contributed by atoms with E-state index in [9.17, 15) is 9.59 Å². The summed E-state index contributed by atoms with van der Waals surface area (Å²) in [6.07, 6.45) is 0.938. The number of ether oxygens (including phenoxy) is 1. The Hall–Kier alpha value is -0.900. The summed E-state index contributed by atoms with van der Waals surface area (Å²) in [5.41, 5.74) is 0. The summed E-state index contributed by atoms with van der Waals surface area (Å²) < 4.78 is 4.45. The van der Waals surface area contributed by atoms with Crippen molar-refractivity contribution < 1.29 is 19.4 Å². The Morgan fingerprint density at radius 1 is 1.60 bits per heavy atom. The Kier molecular flexibility index (Phi) is 5.66. The van der Waals surface area contributed by atoms with Crippen molar-refractivity contribution in [1.82, 2.24) is 0 Å². The minimum absolute atomic E-state index is 0.0116. The first kappa shape index (κ1) is 9.10. The second kappa shape index (κ2) is 6.22. The number of carbonyl (C=O) groups is 2. The molecule has 0 saturated carbocycles. The molecule has 4 nitrogen and oxygen atoms in total. The highest BCUT2D eigenvalue weighted by Gasteiger charge is 1.99. The minimum Gasteiger partial charge on any atom is -0.463 e. The average molecular weight is 146 g/mol. The fraction of sp³-hybridized carbons (Fsp3) is 0.667. The van der Waals surface area contributed by atoms with Crippen LogP contribution < -0.4 is 0 Å². The lowest BCUT2D eigenvalue weighted by molar-refractivity contribution is -0.145. The average Bonchev–Trinajstić information content (AvgIpc) is 1.97. The van der Waals surface area contributed by atoms with Crippen LogP contribution in [0.25, 0.3) is 0 Å². The van der Waals surface area contributed by atoms with Gasteiger partial charge in [0.2, 0.25) is 0 Å². The smallest absolute Gasteiger partial charge is 0.306 e. The van der Waals surface area contributed by atoms with Gasteiger partial charge in [0.25, 0.3) is 0 Å². The van der Waals surface area contributed by atoms with E-state index >= 15 is 0 Å². The van der Waals surface area contributed by atoms with Crippen molar-refractivity contribution in [2.24, 2.45) is 0 Å². The van der Waals surface area contributed by atoms with Crippen molar-refractivity contribution >= 4 is 12.3 Å². The van der Waals surface area contributed by atoms with Crippen LogP contribution in [-0.2, 0) is 14.3 Å². The van der Waals surface area contributed by atoms with Gasteiger partial charge in [-0.25, -0.2) is 0 Å². The summed E-state index contributed by atoms with van der Waals surface area (Å²) in [5, 5.41) is 8.19. The van der Waals surface area contributed by atoms with Gasteiger partial charge in [0, 0.05) is 6.42 Å². The molecule has 0 heterocycles. The topological polar surface area (TPSA) is 63.6 Å². The summed E-state index contributed by atoms with van der Waals surface area (Å²) in [7, 11) is 0. The second-order valence-corrected chi connectivity index (χ2v) is 1.65. The SMILES string of the molecule is O=CCCC(=O)OCCO. The highest BCUT2D eigenvalue weighted by Crippen LogP contribution is 1.88.